The van der Waals surface area contributed by atoms with Gasteiger partial charge in [-0.2, -0.15) is 0 Å². The average molecular weight is 378 g/mol. The van der Waals surface area contributed by atoms with E-state index >= 15 is 0 Å². The lowest BCUT2D eigenvalue weighted by Gasteiger charge is -2.10. The van der Waals surface area contributed by atoms with Crippen LogP contribution in [0.5, 0.6) is 0 Å². The number of hydrogen-bond donors (Lipinski definition) is 0. The zero-order chi connectivity index (χ0) is 18.4. The van der Waals surface area contributed by atoms with Crippen LogP contribution < -0.4 is 0 Å². The summed E-state index contributed by atoms with van der Waals surface area (Å²) >= 11 is 6.18. The average Bonchev–Trinajstić information content (AvgIpc) is 3.39. The van der Waals surface area contributed by atoms with Crippen LogP contribution >= 0.6 is 11.6 Å². The quantitative estimate of drug-likeness (QED) is 0.374. The van der Waals surface area contributed by atoms with Crippen LogP contribution in [-0.4, -0.2) is 23.9 Å². The fourth-order valence-electron chi connectivity index (χ4n) is 4.02. The van der Waals surface area contributed by atoms with Crippen LogP contribution in [0.15, 0.2) is 54.8 Å². The van der Waals surface area contributed by atoms with Gasteiger partial charge in [-0.1, -0.05) is 23.3 Å². The van der Waals surface area contributed by atoms with Gasteiger partial charge in [0.15, 0.2) is 0 Å². The van der Waals surface area contributed by atoms with Gasteiger partial charge in [-0.15, -0.1) is 0 Å². The number of fused-ring (bicyclic) bond motifs is 2. The normalized spacial score (nSPS) is 17.1. The number of imidazole rings is 1. The second-order valence-electron chi connectivity index (χ2n) is 7.22. The molecule has 0 saturated carbocycles. The van der Waals surface area contributed by atoms with E-state index in [9.17, 15) is 0 Å². The first-order chi connectivity index (χ1) is 13.2. The predicted molar refractivity (Wildman–Crippen MR) is 107 cm³/mol. The van der Waals surface area contributed by atoms with Crippen LogP contribution in [0.2, 0.25) is 5.15 Å². The molecule has 0 amide bonds. The van der Waals surface area contributed by atoms with Crippen molar-refractivity contribution < 1.29 is 0 Å². The maximum atomic E-state index is 6.18. The van der Waals surface area contributed by atoms with Gasteiger partial charge in [0.2, 0.25) is 0 Å². The van der Waals surface area contributed by atoms with E-state index in [0.29, 0.717) is 11.2 Å². The van der Waals surface area contributed by atoms with Crippen molar-refractivity contribution in [3.05, 3.63) is 71.2 Å². The minimum atomic E-state index is 0.348. The van der Waals surface area contributed by atoms with Crippen LogP contribution in [0.3, 0.4) is 0 Å². The number of hydrogen-bond acceptors (Lipinski definition) is 3. The molecule has 0 bridgehead atoms. The Morgan fingerprint density at radius 1 is 1.15 bits per heavy atom. The number of halogens is 1. The van der Waals surface area contributed by atoms with E-state index < -0.39 is 0 Å². The number of aryl methyl sites for hydroxylation is 2. The molecule has 5 rings (SSSR count). The van der Waals surface area contributed by atoms with Gasteiger partial charge in [0.05, 0.1) is 11.4 Å². The van der Waals surface area contributed by atoms with E-state index in [1.54, 1.807) is 0 Å². The summed E-state index contributed by atoms with van der Waals surface area (Å²) < 4.78 is 4.34. The number of pyridine rings is 1. The first kappa shape index (κ1) is 16.5. The van der Waals surface area contributed by atoms with Crippen LogP contribution in [-0.2, 0) is 6.42 Å². The van der Waals surface area contributed by atoms with E-state index in [-0.39, 0.29) is 0 Å². The molecule has 4 heterocycles. The summed E-state index contributed by atoms with van der Waals surface area (Å²) in [6.07, 6.45) is 14.4. The van der Waals surface area contributed by atoms with Gasteiger partial charge in [-0.25, -0.2) is 15.0 Å². The largest absolute Gasteiger partial charge is 0.325 e. The van der Waals surface area contributed by atoms with Crippen molar-refractivity contribution >= 4 is 28.3 Å². The van der Waals surface area contributed by atoms with Crippen molar-refractivity contribution in [2.24, 2.45) is 0 Å². The van der Waals surface area contributed by atoms with E-state index in [0.717, 1.165) is 42.4 Å². The van der Waals surface area contributed by atoms with Crippen molar-refractivity contribution in [2.45, 2.75) is 38.6 Å². The predicted octanol–water partition coefficient (Wildman–Crippen LogP) is 4.93. The standard InChI is InChI=1S/C21H20ClN5/c1-14-12-23-19-11-16(6-8-26(14)19)3-2-15-4-5-17(10-15)27-9-7-18-20(22)24-13-25-21(18)27/h6-13,17H,2-5H2,1H3. The molecular weight excluding hydrogens is 358 g/mol. The maximum Gasteiger partial charge on any atom is 0.145 e. The Morgan fingerprint density at radius 3 is 3.00 bits per heavy atom. The highest BCUT2D eigenvalue weighted by atomic mass is 35.5. The summed E-state index contributed by atoms with van der Waals surface area (Å²) in [5.41, 5.74) is 5.96. The molecule has 0 aliphatic heterocycles. The zero-order valence-electron chi connectivity index (χ0n) is 15.1. The number of nitrogens with zero attached hydrogens (tertiary/aromatic N) is 5. The van der Waals surface area contributed by atoms with Crippen molar-refractivity contribution in [3.8, 4) is 0 Å². The van der Waals surface area contributed by atoms with Crippen LogP contribution in [0, 0.1) is 6.92 Å². The Bertz CT molecular complexity index is 1170. The van der Waals surface area contributed by atoms with Gasteiger partial charge in [0.25, 0.3) is 0 Å². The second-order valence-corrected chi connectivity index (χ2v) is 7.58. The lowest BCUT2D eigenvalue weighted by molar-refractivity contribution is 0.603. The van der Waals surface area contributed by atoms with E-state index in [2.05, 4.69) is 61.4 Å². The monoisotopic (exact) mass is 377 g/mol. The first-order valence-corrected chi connectivity index (χ1v) is 9.66. The molecule has 1 atom stereocenters. The lowest BCUT2D eigenvalue weighted by atomic mass is 10.1. The van der Waals surface area contributed by atoms with Gasteiger partial charge in [-0.3, -0.25) is 0 Å². The fourth-order valence-corrected chi connectivity index (χ4v) is 4.21. The third-order valence-electron chi connectivity index (χ3n) is 5.50. The fraction of sp³-hybridized carbons (Fsp3) is 0.286. The third-order valence-corrected chi connectivity index (χ3v) is 5.81. The molecule has 5 nitrogen and oxygen atoms in total. The molecule has 27 heavy (non-hydrogen) atoms. The maximum absolute atomic E-state index is 6.18. The van der Waals surface area contributed by atoms with E-state index in [1.807, 2.05) is 12.3 Å². The minimum absolute atomic E-state index is 0.348. The van der Waals surface area contributed by atoms with Crippen molar-refractivity contribution in [3.63, 3.8) is 0 Å². The van der Waals surface area contributed by atoms with Crippen LogP contribution in [0.25, 0.3) is 16.7 Å². The highest BCUT2D eigenvalue weighted by Gasteiger charge is 2.19. The molecular formula is C21H20ClN5. The number of allylic oxidation sites excluding steroid dienone is 2. The molecule has 4 aromatic rings. The van der Waals surface area contributed by atoms with Crippen molar-refractivity contribution in [1.82, 2.24) is 23.9 Å². The van der Waals surface area contributed by atoms with Gasteiger partial charge in [0.1, 0.15) is 22.8 Å². The third kappa shape index (κ3) is 2.92. The van der Waals surface area contributed by atoms with Crippen LogP contribution in [0.4, 0.5) is 0 Å². The van der Waals surface area contributed by atoms with E-state index in [1.165, 1.54) is 23.2 Å². The summed E-state index contributed by atoms with van der Waals surface area (Å²) in [4.78, 5) is 13.0. The molecule has 0 N–H and O–H groups in total. The Labute approximate surface area is 162 Å². The SMILES string of the molecule is Cc1cnc2cc(CCC3=CC(n4ccc5c(Cl)ncnc54)CC3)ccn12. The molecule has 0 spiro atoms. The second kappa shape index (κ2) is 6.50. The molecule has 1 aliphatic rings. The van der Waals surface area contributed by atoms with Gasteiger partial charge in [-0.05, 0) is 56.4 Å². The first-order valence-electron chi connectivity index (χ1n) is 9.28. The molecule has 136 valence electrons. The van der Waals surface area contributed by atoms with Crippen molar-refractivity contribution in [2.75, 3.05) is 0 Å². The van der Waals surface area contributed by atoms with Gasteiger partial charge < -0.3 is 8.97 Å². The summed E-state index contributed by atoms with van der Waals surface area (Å²) in [6, 6.07) is 6.75. The molecule has 4 aromatic heterocycles. The van der Waals surface area contributed by atoms with E-state index in [4.69, 9.17) is 11.6 Å². The molecule has 0 aromatic carbocycles. The smallest absolute Gasteiger partial charge is 0.145 e. The summed E-state index contributed by atoms with van der Waals surface area (Å²) in [6.45, 7) is 2.08. The summed E-state index contributed by atoms with van der Waals surface area (Å²) in [5.74, 6) is 0. The Morgan fingerprint density at radius 2 is 2.07 bits per heavy atom. The number of rotatable bonds is 4. The molecule has 1 aliphatic carbocycles. The molecule has 0 radical (unpaired) electrons. The Kier molecular flexibility index (Phi) is 3.97. The topological polar surface area (TPSA) is 48.0 Å². The Balaban J connectivity index is 1.33. The Hall–Kier alpha value is -2.66. The number of aromatic nitrogens is 5. The highest BCUT2D eigenvalue weighted by Crippen LogP contribution is 2.34. The highest BCUT2D eigenvalue weighted by molar-refractivity contribution is 6.33. The zero-order valence-corrected chi connectivity index (χ0v) is 15.9. The minimum Gasteiger partial charge on any atom is -0.325 e. The van der Waals surface area contributed by atoms with Gasteiger partial charge >= 0.3 is 0 Å². The molecule has 6 heteroatoms. The molecule has 1 unspecified atom stereocenters. The lowest BCUT2D eigenvalue weighted by Crippen LogP contribution is -2.02. The van der Waals surface area contributed by atoms with Gasteiger partial charge in [0, 0.05) is 24.3 Å². The summed E-state index contributed by atoms with van der Waals surface area (Å²) in [7, 11) is 0. The molecule has 0 fully saturated rings. The molecule has 0 saturated heterocycles. The van der Waals surface area contributed by atoms with Crippen molar-refractivity contribution in [1.29, 1.82) is 0 Å². The van der Waals surface area contributed by atoms with Crippen LogP contribution in [0.1, 0.15) is 36.6 Å². The summed E-state index contributed by atoms with van der Waals surface area (Å²) in [5, 5.41) is 1.44.